The maximum Gasteiger partial charge on any atom is 0.126 e. The van der Waals surface area contributed by atoms with E-state index >= 15 is 0 Å². The third-order valence-corrected chi connectivity index (χ3v) is 5.02. The van der Waals surface area contributed by atoms with Crippen LogP contribution in [0.1, 0.15) is 31.2 Å². The first-order chi connectivity index (χ1) is 11.4. The summed E-state index contributed by atoms with van der Waals surface area (Å²) in [5.74, 6) is 0.856. The Morgan fingerprint density at radius 2 is 1.75 bits per heavy atom. The molecule has 2 aromatic heterocycles. The molecule has 0 N–H and O–H groups in total. The highest BCUT2D eigenvalue weighted by Gasteiger charge is 2.21. The van der Waals surface area contributed by atoms with Crippen LogP contribution < -0.4 is 4.74 Å². The first kappa shape index (κ1) is 16.7. The van der Waals surface area contributed by atoms with Gasteiger partial charge in [-0.05, 0) is 48.2 Å². The fourth-order valence-electron chi connectivity index (χ4n) is 2.75. The molecule has 0 aliphatic rings. The molecule has 0 bridgehead atoms. The van der Waals surface area contributed by atoms with Gasteiger partial charge in [-0.2, -0.15) is 0 Å². The van der Waals surface area contributed by atoms with E-state index in [2.05, 4.69) is 50.9 Å². The van der Waals surface area contributed by atoms with E-state index in [0.29, 0.717) is 0 Å². The van der Waals surface area contributed by atoms with E-state index in [1.807, 2.05) is 24.5 Å². The highest BCUT2D eigenvalue weighted by Crippen LogP contribution is 2.38. The molecule has 24 heavy (non-hydrogen) atoms. The smallest absolute Gasteiger partial charge is 0.126 e. The van der Waals surface area contributed by atoms with Crippen molar-refractivity contribution in [3.8, 4) is 27.6 Å². The molecule has 3 aromatic rings. The molecule has 124 valence electrons. The van der Waals surface area contributed by atoms with Crippen LogP contribution in [0.3, 0.4) is 0 Å². The van der Waals surface area contributed by atoms with E-state index in [4.69, 9.17) is 9.72 Å². The van der Waals surface area contributed by atoms with Crippen molar-refractivity contribution >= 4 is 11.3 Å². The third-order valence-electron chi connectivity index (χ3n) is 4.02. The summed E-state index contributed by atoms with van der Waals surface area (Å²) in [6.07, 6.45) is 3.78. The number of methoxy groups -OCH3 is 1. The zero-order chi connectivity index (χ0) is 17.3. The standard InChI is InChI=1S/C20H22N2OS/c1-13-18(14-6-8-15(23-5)9-7-14)22-19(24-13)16-12-21-11-10-17(16)20(2,3)4/h6-12H,1-5H3. The van der Waals surface area contributed by atoms with Crippen LogP contribution in [0.4, 0.5) is 0 Å². The fourth-order valence-corrected chi connectivity index (χ4v) is 3.71. The van der Waals surface area contributed by atoms with Crippen LogP contribution >= 0.6 is 11.3 Å². The Morgan fingerprint density at radius 3 is 2.38 bits per heavy atom. The molecule has 0 atom stereocenters. The zero-order valence-corrected chi connectivity index (χ0v) is 15.6. The molecule has 0 unspecified atom stereocenters. The maximum absolute atomic E-state index is 5.24. The molecular formula is C20H22N2OS. The molecule has 0 aliphatic heterocycles. The van der Waals surface area contributed by atoms with Crippen LogP contribution in [0.25, 0.3) is 21.8 Å². The summed E-state index contributed by atoms with van der Waals surface area (Å²) >= 11 is 1.72. The minimum absolute atomic E-state index is 0.0537. The largest absolute Gasteiger partial charge is 0.497 e. The molecule has 3 nitrogen and oxygen atoms in total. The number of hydrogen-bond donors (Lipinski definition) is 0. The van der Waals surface area contributed by atoms with E-state index in [1.54, 1.807) is 18.4 Å². The second-order valence-electron chi connectivity index (χ2n) is 6.82. The Morgan fingerprint density at radius 1 is 1.04 bits per heavy atom. The predicted octanol–water partition coefficient (Wildman–Crippen LogP) is 5.49. The first-order valence-corrected chi connectivity index (χ1v) is 8.78. The van der Waals surface area contributed by atoms with E-state index in [9.17, 15) is 0 Å². The van der Waals surface area contributed by atoms with Gasteiger partial charge in [-0.25, -0.2) is 4.98 Å². The molecule has 0 spiro atoms. The molecule has 0 radical (unpaired) electrons. The van der Waals surface area contributed by atoms with Gasteiger partial charge < -0.3 is 4.74 Å². The Kier molecular flexibility index (Phi) is 4.41. The van der Waals surface area contributed by atoms with E-state index in [1.165, 1.54) is 10.4 Å². The Balaban J connectivity index is 2.07. The van der Waals surface area contributed by atoms with E-state index in [0.717, 1.165) is 27.6 Å². The van der Waals surface area contributed by atoms with Crippen LogP contribution in [0.15, 0.2) is 42.7 Å². The summed E-state index contributed by atoms with van der Waals surface area (Å²) in [6, 6.07) is 10.1. The zero-order valence-electron chi connectivity index (χ0n) is 14.8. The molecule has 0 saturated carbocycles. The minimum atomic E-state index is 0.0537. The van der Waals surface area contributed by atoms with Crippen molar-refractivity contribution in [3.63, 3.8) is 0 Å². The topological polar surface area (TPSA) is 35.0 Å². The van der Waals surface area contributed by atoms with Crippen molar-refractivity contribution < 1.29 is 4.74 Å². The van der Waals surface area contributed by atoms with Crippen molar-refractivity contribution in [2.75, 3.05) is 7.11 Å². The summed E-state index contributed by atoms with van der Waals surface area (Å²) in [6.45, 7) is 8.78. The number of rotatable bonds is 3. The second kappa shape index (κ2) is 6.36. The second-order valence-corrected chi connectivity index (χ2v) is 8.03. The number of thiazole rings is 1. The normalized spacial score (nSPS) is 11.5. The van der Waals surface area contributed by atoms with Crippen LogP contribution in [-0.4, -0.2) is 17.1 Å². The van der Waals surface area contributed by atoms with Gasteiger partial charge in [0.2, 0.25) is 0 Å². The molecule has 0 saturated heterocycles. The van der Waals surface area contributed by atoms with Gasteiger partial charge in [0.1, 0.15) is 10.8 Å². The fraction of sp³-hybridized carbons (Fsp3) is 0.300. The average Bonchev–Trinajstić information content (AvgIpc) is 2.96. The molecular weight excluding hydrogens is 316 g/mol. The number of nitrogens with zero attached hydrogens (tertiary/aromatic N) is 2. The van der Waals surface area contributed by atoms with Gasteiger partial charge in [-0.15, -0.1) is 11.3 Å². The monoisotopic (exact) mass is 338 g/mol. The highest BCUT2D eigenvalue weighted by molar-refractivity contribution is 7.15. The summed E-state index contributed by atoms with van der Waals surface area (Å²) in [7, 11) is 1.68. The molecule has 0 fully saturated rings. The van der Waals surface area contributed by atoms with Gasteiger partial charge in [0.15, 0.2) is 0 Å². The number of ether oxygens (including phenoxy) is 1. The summed E-state index contributed by atoms with van der Waals surface area (Å²) in [4.78, 5) is 10.4. The quantitative estimate of drug-likeness (QED) is 0.633. The van der Waals surface area contributed by atoms with E-state index < -0.39 is 0 Å². The lowest BCUT2D eigenvalue weighted by molar-refractivity contribution is 0.415. The Bertz CT molecular complexity index is 845. The van der Waals surface area contributed by atoms with Crippen molar-refractivity contribution in [1.82, 2.24) is 9.97 Å². The lowest BCUT2D eigenvalue weighted by atomic mass is 9.85. The van der Waals surface area contributed by atoms with Crippen LogP contribution in [0.2, 0.25) is 0 Å². The van der Waals surface area contributed by atoms with Crippen molar-refractivity contribution in [1.29, 1.82) is 0 Å². The Labute approximate surface area is 147 Å². The summed E-state index contributed by atoms with van der Waals surface area (Å²) < 4.78 is 5.24. The molecule has 1 aromatic carbocycles. The average molecular weight is 338 g/mol. The number of aryl methyl sites for hydroxylation is 1. The lowest BCUT2D eigenvalue weighted by Crippen LogP contribution is -2.12. The lowest BCUT2D eigenvalue weighted by Gasteiger charge is -2.21. The summed E-state index contributed by atoms with van der Waals surface area (Å²) in [5, 5.41) is 1.02. The molecule has 0 aliphatic carbocycles. The SMILES string of the molecule is COc1ccc(-c2nc(-c3cnccc3C(C)(C)C)sc2C)cc1. The van der Waals surface area contributed by atoms with Crippen LogP contribution in [-0.2, 0) is 5.41 Å². The highest BCUT2D eigenvalue weighted by atomic mass is 32.1. The van der Waals surface area contributed by atoms with Crippen molar-refractivity contribution in [2.45, 2.75) is 33.1 Å². The first-order valence-electron chi connectivity index (χ1n) is 7.97. The van der Waals surface area contributed by atoms with Crippen molar-refractivity contribution in [2.24, 2.45) is 0 Å². The molecule has 3 rings (SSSR count). The van der Waals surface area contributed by atoms with Crippen molar-refractivity contribution in [3.05, 3.63) is 53.2 Å². The van der Waals surface area contributed by atoms with Gasteiger partial charge in [0.25, 0.3) is 0 Å². The number of pyridine rings is 1. The predicted molar refractivity (Wildman–Crippen MR) is 101 cm³/mol. The minimum Gasteiger partial charge on any atom is -0.497 e. The van der Waals surface area contributed by atoms with Gasteiger partial charge >= 0.3 is 0 Å². The molecule has 2 heterocycles. The maximum atomic E-state index is 5.24. The van der Waals surface area contributed by atoms with Gasteiger partial charge in [-0.3, -0.25) is 4.98 Å². The number of benzene rings is 1. The Hall–Kier alpha value is -2.20. The molecule has 0 amide bonds. The summed E-state index contributed by atoms with van der Waals surface area (Å²) in [5.41, 5.74) is 4.58. The van der Waals surface area contributed by atoms with Crippen LogP contribution in [0, 0.1) is 6.92 Å². The van der Waals surface area contributed by atoms with Gasteiger partial charge in [-0.1, -0.05) is 20.8 Å². The number of hydrogen-bond acceptors (Lipinski definition) is 4. The third kappa shape index (κ3) is 3.20. The van der Waals surface area contributed by atoms with Gasteiger partial charge in [0, 0.05) is 28.4 Å². The number of aromatic nitrogens is 2. The molecule has 4 heteroatoms. The van der Waals surface area contributed by atoms with E-state index in [-0.39, 0.29) is 5.41 Å². The van der Waals surface area contributed by atoms with Crippen LogP contribution in [0.5, 0.6) is 5.75 Å². The van der Waals surface area contributed by atoms with Gasteiger partial charge in [0.05, 0.1) is 12.8 Å².